The van der Waals surface area contributed by atoms with Crippen LogP contribution in [0.25, 0.3) is 0 Å². The molecule has 19 heavy (non-hydrogen) atoms. The van der Waals surface area contributed by atoms with Gasteiger partial charge in [0.1, 0.15) is 0 Å². The van der Waals surface area contributed by atoms with Gasteiger partial charge in [-0.3, -0.25) is 4.79 Å². The largest absolute Gasteiger partial charge is 0.481 e. The van der Waals surface area contributed by atoms with Gasteiger partial charge in [0, 0.05) is 26.2 Å². The normalized spacial score (nSPS) is 36.7. The SMILES string of the molecule is O=C(O)[C@@]12CCC[C@H]1CN(S(=O)(=O)N1CCCC1)C2. The maximum atomic E-state index is 12.5. The molecule has 6 nitrogen and oxygen atoms in total. The quantitative estimate of drug-likeness (QED) is 0.821. The Morgan fingerprint density at radius 3 is 2.42 bits per heavy atom. The fourth-order valence-corrected chi connectivity index (χ4v) is 5.66. The Kier molecular flexibility index (Phi) is 3.11. The van der Waals surface area contributed by atoms with Crippen LogP contribution in [0.4, 0.5) is 0 Å². The Labute approximate surface area is 113 Å². The molecule has 0 bridgehead atoms. The number of hydrogen-bond donors (Lipinski definition) is 1. The second-order valence-electron chi connectivity index (χ2n) is 5.96. The topological polar surface area (TPSA) is 77.9 Å². The summed E-state index contributed by atoms with van der Waals surface area (Å²) in [5, 5.41) is 9.49. The monoisotopic (exact) mass is 288 g/mol. The zero-order valence-electron chi connectivity index (χ0n) is 10.9. The van der Waals surface area contributed by atoms with Gasteiger partial charge in [-0.2, -0.15) is 17.0 Å². The number of carboxylic acid groups (broad SMARTS) is 1. The van der Waals surface area contributed by atoms with Crippen LogP contribution in [0.5, 0.6) is 0 Å². The van der Waals surface area contributed by atoms with E-state index in [0.717, 1.165) is 25.7 Å². The van der Waals surface area contributed by atoms with E-state index in [1.165, 1.54) is 8.61 Å². The van der Waals surface area contributed by atoms with Crippen molar-refractivity contribution in [3.63, 3.8) is 0 Å². The van der Waals surface area contributed by atoms with Crippen LogP contribution in [0, 0.1) is 11.3 Å². The van der Waals surface area contributed by atoms with Crippen LogP contribution in [-0.4, -0.2) is 54.3 Å². The minimum atomic E-state index is -3.45. The molecule has 0 aromatic heterocycles. The van der Waals surface area contributed by atoms with Crippen LogP contribution >= 0.6 is 0 Å². The van der Waals surface area contributed by atoms with Gasteiger partial charge in [-0.05, 0) is 31.6 Å². The number of fused-ring (bicyclic) bond motifs is 1. The Hall–Kier alpha value is -0.660. The molecule has 1 saturated carbocycles. The van der Waals surface area contributed by atoms with E-state index in [1.807, 2.05) is 0 Å². The zero-order valence-corrected chi connectivity index (χ0v) is 11.7. The molecule has 0 spiro atoms. The lowest BCUT2D eigenvalue weighted by atomic mass is 9.81. The summed E-state index contributed by atoms with van der Waals surface area (Å²) in [4.78, 5) is 11.6. The summed E-state index contributed by atoms with van der Waals surface area (Å²) in [7, 11) is -3.45. The average Bonchev–Trinajstić information content (AvgIpc) is 3.04. The fourth-order valence-electron chi connectivity index (χ4n) is 3.85. The van der Waals surface area contributed by atoms with Gasteiger partial charge < -0.3 is 5.11 Å². The summed E-state index contributed by atoms with van der Waals surface area (Å²) in [5.74, 6) is -0.837. The smallest absolute Gasteiger partial charge is 0.311 e. The molecule has 2 saturated heterocycles. The first-order valence-corrected chi connectivity index (χ1v) is 8.35. The summed E-state index contributed by atoms with van der Waals surface area (Å²) in [5.41, 5.74) is -0.827. The summed E-state index contributed by atoms with van der Waals surface area (Å²) in [6, 6.07) is 0. The van der Waals surface area contributed by atoms with Crippen LogP contribution in [0.1, 0.15) is 32.1 Å². The molecule has 2 atom stereocenters. The van der Waals surface area contributed by atoms with Gasteiger partial charge >= 0.3 is 5.97 Å². The lowest BCUT2D eigenvalue weighted by molar-refractivity contribution is -0.149. The van der Waals surface area contributed by atoms with E-state index in [0.29, 0.717) is 26.1 Å². The molecule has 2 heterocycles. The predicted molar refractivity (Wildman–Crippen MR) is 68.7 cm³/mol. The summed E-state index contributed by atoms with van der Waals surface area (Å²) in [6.07, 6.45) is 4.15. The fraction of sp³-hybridized carbons (Fsp3) is 0.917. The van der Waals surface area contributed by atoms with E-state index in [4.69, 9.17) is 0 Å². The van der Waals surface area contributed by atoms with Gasteiger partial charge in [0.2, 0.25) is 0 Å². The molecule has 0 amide bonds. The molecule has 3 rings (SSSR count). The van der Waals surface area contributed by atoms with Crippen molar-refractivity contribution in [2.45, 2.75) is 32.1 Å². The van der Waals surface area contributed by atoms with E-state index in [2.05, 4.69) is 0 Å². The lowest BCUT2D eigenvalue weighted by Crippen LogP contribution is -2.43. The molecule has 1 N–H and O–H groups in total. The van der Waals surface area contributed by atoms with Crippen LogP contribution < -0.4 is 0 Å². The number of aliphatic carboxylic acids is 1. The first-order chi connectivity index (χ1) is 8.97. The average molecular weight is 288 g/mol. The molecule has 7 heteroatoms. The molecule has 0 aromatic carbocycles. The van der Waals surface area contributed by atoms with E-state index < -0.39 is 21.6 Å². The molecular formula is C12H20N2O4S. The van der Waals surface area contributed by atoms with Crippen molar-refractivity contribution in [2.24, 2.45) is 11.3 Å². The number of nitrogens with zero attached hydrogens (tertiary/aromatic N) is 2. The summed E-state index contributed by atoms with van der Waals surface area (Å²) >= 11 is 0. The minimum absolute atomic E-state index is 0.0117. The van der Waals surface area contributed by atoms with Gasteiger partial charge in [0.05, 0.1) is 5.41 Å². The summed E-state index contributed by atoms with van der Waals surface area (Å²) < 4.78 is 27.9. The molecule has 3 fully saturated rings. The van der Waals surface area contributed by atoms with E-state index >= 15 is 0 Å². The van der Waals surface area contributed by atoms with Crippen LogP contribution in [-0.2, 0) is 15.0 Å². The third-order valence-corrected chi connectivity index (χ3v) is 6.93. The first-order valence-electron chi connectivity index (χ1n) is 6.95. The van der Waals surface area contributed by atoms with Crippen LogP contribution in [0.3, 0.4) is 0 Å². The van der Waals surface area contributed by atoms with E-state index in [9.17, 15) is 18.3 Å². The highest BCUT2D eigenvalue weighted by molar-refractivity contribution is 7.86. The molecule has 3 aliphatic rings. The van der Waals surface area contributed by atoms with Crippen molar-refractivity contribution in [3.05, 3.63) is 0 Å². The molecule has 0 aromatic rings. The van der Waals surface area contributed by atoms with Crippen LogP contribution in [0.2, 0.25) is 0 Å². The lowest BCUT2D eigenvalue weighted by Gasteiger charge is -2.26. The van der Waals surface area contributed by atoms with Crippen molar-refractivity contribution in [1.82, 2.24) is 8.61 Å². The van der Waals surface area contributed by atoms with Crippen LogP contribution in [0.15, 0.2) is 0 Å². The van der Waals surface area contributed by atoms with Gasteiger partial charge in [-0.15, -0.1) is 0 Å². The molecule has 0 radical (unpaired) electrons. The van der Waals surface area contributed by atoms with Crippen molar-refractivity contribution < 1.29 is 18.3 Å². The Bertz CT molecular complexity index is 486. The van der Waals surface area contributed by atoms with Crippen molar-refractivity contribution >= 4 is 16.2 Å². The molecule has 1 aliphatic carbocycles. The second-order valence-corrected chi connectivity index (χ2v) is 7.89. The van der Waals surface area contributed by atoms with Gasteiger partial charge in [0.15, 0.2) is 0 Å². The minimum Gasteiger partial charge on any atom is -0.481 e. The predicted octanol–water partition coefficient (Wildman–Crippen LogP) is 0.514. The maximum absolute atomic E-state index is 12.5. The summed E-state index contributed by atoms with van der Waals surface area (Å²) in [6.45, 7) is 1.68. The number of carboxylic acids is 1. The number of rotatable bonds is 3. The van der Waals surface area contributed by atoms with E-state index in [1.54, 1.807) is 0 Å². The third-order valence-electron chi connectivity index (χ3n) is 4.98. The standard InChI is InChI=1S/C12H20N2O4S/c15-11(16)12-5-3-4-10(12)8-14(9-12)19(17,18)13-6-1-2-7-13/h10H,1-9H2,(H,15,16)/t10-,12+/m0/s1. The van der Waals surface area contributed by atoms with E-state index in [-0.39, 0.29) is 12.5 Å². The third kappa shape index (κ3) is 1.90. The highest BCUT2D eigenvalue weighted by Gasteiger charge is 2.57. The Balaban J connectivity index is 1.84. The molecule has 0 unspecified atom stereocenters. The van der Waals surface area contributed by atoms with Crippen molar-refractivity contribution in [1.29, 1.82) is 0 Å². The Morgan fingerprint density at radius 1 is 1.16 bits per heavy atom. The van der Waals surface area contributed by atoms with Crippen molar-refractivity contribution in [2.75, 3.05) is 26.2 Å². The zero-order chi connectivity index (χ0) is 13.7. The second kappa shape index (κ2) is 4.43. The number of carbonyl (C=O) groups is 1. The Morgan fingerprint density at radius 2 is 1.84 bits per heavy atom. The first kappa shape index (κ1) is 13.3. The highest BCUT2D eigenvalue weighted by atomic mass is 32.2. The van der Waals surface area contributed by atoms with Gasteiger partial charge in [0.25, 0.3) is 10.2 Å². The molecular weight excluding hydrogens is 268 g/mol. The van der Waals surface area contributed by atoms with Gasteiger partial charge in [-0.1, -0.05) is 6.42 Å². The number of hydrogen-bond acceptors (Lipinski definition) is 3. The van der Waals surface area contributed by atoms with Crippen molar-refractivity contribution in [3.8, 4) is 0 Å². The maximum Gasteiger partial charge on any atom is 0.311 e. The van der Waals surface area contributed by atoms with Gasteiger partial charge in [-0.25, -0.2) is 0 Å². The highest BCUT2D eigenvalue weighted by Crippen LogP contribution is 2.49. The molecule has 108 valence electrons. The molecule has 2 aliphatic heterocycles.